The maximum absolute atomic E-state index is 11.3. The Hall–Kier alpha value is -2.16. The Morgan fingerprint density at radius 2 is 2.21 bits per heavy atom. The normalized spacial score (nSPS) is 15.8. The number of benzene rings is 1. The van der Waals surface area contributed by atoms with Crippen molar-refractivity contribution >= 4 is 17.7 Å². The van der Waals surface area contributed by atoms with Gasteiger partial charge in [-0.2, -0.15) is 5.10 Å². The van der Waals surface area contributed by atoms with Crippen LogP contribution in [0, 0.1) is 6.92 Å². The molecule has 1 aromatic rings. The van der Waals surface area contributed by atoms with Crippen LogP contribution in [-0.2, 0) is 4.79 Å². The number of amides is 1. The predicted molar refractivity (Wildman–Crippen MR) is 78.9 cm³/mol. The van der Waals surface area contributed by atoms with E-state index in [-0.39, 0.29) is 5.91 Å². The van der Waals surface area contributed by atoms with E-state index in [1.165, 1.54) is 5.56 Å². The minimum atomic E-state index is -0.00566. The fourth-order valence-corrected chi connectivity index (χ4v) is 2.04. The molecule has 0 atom stereocenters. The zero-order valence-electron chi connectivity index (χ0n) is 11.1. The van der Waals surface area contributed by atoms with E-state index in [1.807, 2.05) is 12.2 Å². The van der Waals surface area contributed by atoms with Crippen LogP contribution < -0.4 is 5.43 Å². The number of hydrogen-bond donors (Lipinski definition) is 1. The Bertz CT molecular complexity index is 556. The lowest BCUT2D eigenvalue weighted by Gasteiger charge is -2.07. The molecule has 98 valence electrons. The Morgan fingerprint density at radius 1 is 1.37 bits per heavy atom. The maximum atomic E-state index is 11.3. The first-order chi connectivity index (χ1) is 9.20. The smallest absolute Gasteiger partial charge is 0.240 e. The van der Waals surface area contributed by atoms with Gasteiger partial charge >= 0.3 is 0 Å². The van der Waals surface area contributed by atoms with Gasteiger partial charge in [0.1, 0.15) is 0 Å². The van der Waals surface area contributed by atoms with Crippen LogP contribution in [0.4, 0.5) is 0 Å². The molecule has 3 heteroatoms. The van der Waals surface area contributed by atoms with E-state index in [9.17, 15) is 4.79 Å². The van der Waals surface area contributed by atoms with Crippen LogP contribution in [0.5, 0.6) is 0 Å². The van der Waals surface area contributed by atoms with Crippen molar-refractivity contribution in [3.63, 3.8) is 0 Å². The fraction of sp³-hybridized carbons (Fsp3) is 0.250. The molecule has 0 fully saturated rings. The highest BCUT2D eigenvalue weighted by molar-refractivity contribution is 6.02. The van der Waals surface area contributed by atoms with Gasteiger partial charge in [-0.3, -0.25) is 4.79 Å². The molecule has 1 aromatic carbocycles. The number of hydrazone groups is 1. The summed E-state index contributed by atoms with van der Waals surface area (Å²) in [4.78, 5) is 11.3. The van der Waals surface area contributed by atoms with Gasteiger partial charge in [0.2, 0.25) is 5.91 Å². The molecule has 3 nitrogen and oxygen atoms in total. The number of carbonyl (C=O) groups excluding carboxylic acids is 1. The summed E-state index contributed by atoms with van der Waals surface area (Å²) < 4.78 is 0. The highest BCUT2D eigenvalue weighted by Crippen LogP contribution is 2.17. The van der Waals surface area contributed by atoms with Crippen LogP contribution in [0.15, 0.2) is 42.0 Å². The van der Waals surface area contributed by atoms with E-state index in [4.69, 9.17) is 0 Å². The number of rotatable bonds is 3. The van der Waals surface area contributed by atoms with Gasteiger partial charge in [0.05, 0.1) is 5.71 Å². The molecule has 0 saturated heterocycles. The van der Waals surface area contributed by atoms with Crippen LogP contribution in [0.1, 0.15) is 36.0 Å². The molecule has 0 aliphatic carbocycles. The molecule has 0 aromatic heterocycles. The molecule has 0 radical (unpaired) electrons. The second kappa shape index (κ2) is 6.14. The molecule has 0 bridgehead atoms. The van der Waals surface area contributed by atoms with Crippen molar-refractivity contribution in [2.45, 2.75) is 26.2 Å². The van der Waals surface area contributed by atoms with Gasteiger partial charge in [-0.1, -0.05) is 36.9 Å². The fourth-order valence-electron chi connectivity index (χ4n) is 2.04. The Kier molecular flexibility index (Phi) is 4.29. The molecule has 1 aliphatic rings. The average Bonchev–Trinajstić information content (AvgIpc) is 2.63. The monoisotopic (exact) mass is 254 g/mol. The molecule has 2 rings (SSSR count). The second-order valence-electron chi connectivity index (χ2n) is 4.61. The topological polar surface area (TPSA) is 41.5 Å². The van der Waals surface area contributed by atoms with E-state index in [0.29, 0.717) is 6.42 Å². The first-order valence-corrected chi connectivity index (χ1v) is 6.46. The van der Waals surface area contributed by atoms with Gasteiger partial charge in [-0.25, -0.2) is 5.43 Å². The van der Waals surface area contributed by atoms with Gasteiger partial charge in [0.25, 0.3) is 0 Å². The van der Waals surface area contributed by atoms with Crippen LogP contribution in [0.25, 0.3) is 6.08 Å². The molecular formula is C16H18N2O. The molecule has 19 heavy (non-hydrogen) atoms. The van der Waals surface area contributed by atoms with Gasteiger partial charge in [-0.15, -0.1) is 0 Å². The number of allylic oxidation sites excluding steroid dienone is 2. The summed E-state index contributed by atoms with van der Waals surface area (Å²) in [5.74, 6) is -0.00566. The molecule has 0 saturated carbocycles. The van der Waals surface area contributed by atoms with E-state index >= 15 is 0 Å². The van der Waals surface area contributed by atoms with Crippen LogP contribution in [0.2, 0.25) is 0 Å². The first-order valence-electron chi connectivity index (χ1n) is 6.46. The molecule has 0 spiro atoms. The van der Waals surface area contributed by atoms with Gasteiger partial charge in [0, 0.05) is 6.42 Å². The van der Waals surface area contributed by atoms with Crippen molar-refractivity contribution in [3.8, 4) is 0 Å². The lowest BCUT2D eigenvalue weighted by molar-refractivity contribution is -0.120. The summed E-state index contributed by atoms with van der Waals surface area (Å²) in [6, 6.07) is 6.23. The third kappa shape index (κ3) is 3.41. The minimum Gasteiger partial charge on any atom is -0.273 e. The zero-order chi connectivity index (χ0) is 13.7. The van der Waals surface area contributed by atoms with Crippen molar-refractivity contribution in [1.29, 1.82) is 0 Å². The number of carbonyl (C=O) groups is 1. The van der Waals surface area contributed by atoms with Gasteiger partial charge in [-0.05, 0) is 42.5 Å². The quantitative estimate of drug-likeness (QED) is 0.827. The highest BCUT2D eigenvalue weighted by Gasteiger charge is 2.11. The first kappa shape index (κ1) is 13.3. The van der Waals surface area contributed by atoms with E-state index < -0.39 is 0 Å². The molecule has 0 unspecified atom stereocenters. The molecule has 1 amide bonds. The zero-order valence-corrected chi connectivity index (χ0v) is 11.1. The number of aryl methyl sites for hydroxylation is 1. The summed E-state index contributed by atoms with van der Waals surface area (Å²) in [5.41, 5.74) is 6.95. The predicted octanol–water partition coefficient (Wildman–Crippen LogP) is 3.20. The van der Waals surface area contributed by atoms with Gasteiger partial charge in [0.15, 0.2) is 0 Å². The Morgan fingerprint density at radius 3 is 3.00 bits per heavy atom. The van der Waals surface area contributed by atoms with Crippen molar-refractivity contribution < 1.29 is 4.79 Å². The van der Waals surface area contributed by atoms with Gasteiger partial charge < -0.3 is 0 Å². The van der Waals surface area contributed by atoms with Crippen molar-refractivity contribution in [1.82, 2.24) is 5.43 Å². The summed E-state index contributed by atoms with van der Waals surface area (Å²) in [5, 5.41) is 4.20. The second-order valence-corrected chi connectivity index (χ2v) is 4.61. The minimum absolute atomic E-state index is 0.00566. The van der Waals surface area contributed by atoms with E-state index in [2.05, 4.69) is 42.2 Å². The summed E-state index contributed by atoms with van der Waals surface area (Å²) in [7, 11) is 0. The lowest BCUT2D eigenvalue weighted by Crippen LogP contribution is -2.15. The van der Waals surface area contributed by atoms with Crippen LogP contribution >= 0.6 is 0 Å². The largest absolute Gasteiger partial charge is 0.273 e. The Labute approximate surface area is 113 Å². The Balaban J connectivity index is 2.32. The maximum Gasteiger partial charge on any atom is 0.240 e. The van der Waals surface area contributed by atoms with Crippen molar-refractivity contribution in [2.75, 3.05) is 0 Å². The van der Waals surface area contributed by atoms with Crippen molar-refractivity contribution in [2.24, 2.45) is 5.10 Å². The standard InChI is InChI=1S/C16H18N2O/c1-3-4-6-13-11-14(10-9-12(13)2)15-7-5-8-16(19)18-17-15/h3-4,6,9-11H,1,5,7-8H2,2H3,(H,18,19)/b6-4-. The molecular weight excluding hydrogens is 236 g/mol. The number of nitrogens with one attached hydrogen (secondary N) is 1. The lowest BCUT2D eigenvalue weighted by atomic mass is 9.99. The third-order valence-corrected chi connectivity index (χ3v) is 3.16. The molecule has 1 aliphatic heterocycles. The van der Waals surface area contributed by atoms with E-state index in [0.717, 1.165) is 29.7 Å². The molecule has 1 heterocycles. The van der Waals surface area contributed by atoms with E-state index in [1.54, 1.807) is 6.08 Å². The highest BCUT2D eigenvalue weighted by atomic mass is 16.2. The third-order valence-electron chi connectivity index (χ3n) is 3.16. The SMILES string of the molecule is C=C/C=C\c1cc(C2=NNC(=O)CCC2)ccc1C. The molecule has 1 N–H and O–H groups in total. The average molecular weight is 254 g/mol. The summed E-state index contributed by atoms with van der Waals surface area (Å²) in [6.07, 6.45) is 7.92. The van der Waals surface area contributed by atoms with Crippen LogP contribution in [0.3, 0.4) is 0 Å². The summed E-state index contributed by atoms with van der Waals surface area (Å²) in [6.45, 7) is 5.75. The number of nitrogens with zero attached hydrogens (tertiary/aromatic N) is 1. The van der Waals surface area contributed by atoms with Crippen LogP contribution in [-0.4, -0.2) is 11.6 Å². The van der Waals surface area contributed by atoms with Crippen molar-refractivity contribution in [3.05, 3.63) is 53.6 Å². The summed E-state index contributed by atoms with van der Waals surface area (Å²) >= 11 is 0. The number of hydrogen-bond acceptors (Lipinski definition) is 2.